The lowest BCUT2D eigenvalue weighted by atomic mass is 10.1. The maximum absolute atomic E-state index is 11.9. The molecule has 120 valence electrons. The monoisotopic (exact) mass is 314 g/mol. The van der Waals surface area contributed by atoms with E-state index >= 15 is 0 Å². The standard InChI is InChI=1S/C17H18N2O4/c1-10-9-14(20)15(17(22)23-10)11(2)18-13-7-5-12(6-8-13)16(21)19(3)4/h5-9,20H,1-4H3. The fourth-order valence-electron chi connectivity index (χ4n) is 2.12. The van der Waals surface area contributed by atoms with Crippen molar-refractivity contribution in [2.75, 3.05) is 14.1 Å². The second-order valence-electron chi connectivity index (χ2n) is 5.35. The Balaban J connectivity index is 2.35. The Kier molecular flexibility index (Phi) is 4.64. The summed E-state index contributed by atoms with van der Waals surface area (Å²) in [5.41, 5.74) is 0.844. The highest BCUT2D eigenvalue weighted by molar-refractivity contribution is 6.02. The minimum absolute atomic E-state index is 0.0315. The van der Waals surface area contributed by atoms with Crippen LogP contribution >= 0.6 is 0 Å². The first-order valence-corrected chi connectivity index (χ1v) is 7.00. The first kappa shape index (κ1) is 16.5. The van der Waals surface area contributed by atoms with Crippen LogP contribution in [0.25, 0.3) is 0 Å². The van der Waals surface area contributed by atoms with E-state index in [0.29, 0.717) is 22.7 Å². The zero-order valence-electron chi connectivity index (χ0n) is 13.5. The molecule has 0 saturated carbocycles. The van der Waals surface area contributed by atoms with Gasteiger partial charge in [-0.05, 0) is 38.1 Å². The van der Waals surface area contributed by atoms with Crippen molar-refractivity contribution in [3.05, 3.63) is 57.6 Å². The molecule has 23 heavy (non-hydrogen) atoms. The second kappa shape index (κ2) is 6.48. The summed E-state index contributed by atoms with van der Waals surface area (Å²) in [6.45, 7) is 3.19. The summed E-state index contributed by atoms with van der Waals surface area (Å²) in [6.07, 6.45) is 0. The van der Waals surface area contributed by atoms with Crippen molar-refractivity contribution < 1.29 is 14.3 Å². The molecular formula is C17H18N2O4. The number of carbonyl (C=O) groups is 1. The van der Waals surface area contributed by atoms with Gasteiger partial charge >= 0.3 is 5.63 Å². The van der Waals surface area contributed by atoms with Crippen molar-refractivity contribution in [2.45, 2.75) is 13.8 Å². The molecule has 0 bridgehead atoms. The van der Waals surface area contributed by atoms with Crippen LogP contribution in [0.15, 0.2) is 44.5 Å². The van der Waals surface area contributed by atoms with Gasteiger partial charge in [0.05, 0.1) is 11.4 Å². The van der Waals surface area contributed by atoms with Crippen molar-refractivity contribution in [1.82, 2.24) is 4.90 Å². The minimum Gasteiger partial charge on any atom is -0.507 e. The number of benzene rings is 1. The third kappa shape index (κ3) is 3.66. The number of aryl methyl sites for hydroxylation is 1. The van der Waals surface area contributed by atoms with Gasteiger partial charge in [-0.2, -0.15) is 0 Å². The quantitative estimate of drug-likeness (QED) is 0.882. The average molecular weight is 314 g/mol. The lowest BCUT2D eigenvalue weighted by molar-refractivity contribution is 0.0827. The fraction of sp³-hybridized carbons (Fsp3) is 0.235. The number of rotatable bonds is 3. The van der Waals surface area contributed by atoms with Crippen molar-refractivity contribution in [3.63, 3.8) is 0 Å². The Morgan fingerprint density at radius 2 is 1.83 bits per heavy atom. The van der Waals surface area contributed by atoms with Crippen molar-refractivity contribution in [3.8, 4) is 5.75 Å². The van der Waals surface area contributed by atoms with Crippen LogP contribution in [0.2, 0.25) is 0 Å². The molecule has 1 amide bonds. The first-order valence-electron chi connectivity index (χ1n) is 7.00. The molecule has 6 nitrogen and oxygen atoms in total. The lowest BCUT2D eigenvalue weighted by Crippen LogP contribution is -2.21. The topological polar surface area (TPSA) is 83.1 Å². The van der Waals surface area contributed by atoms with Gasteiger partial charge in [0.15, 0.2) is 0 Å². The van der Waals surface area contributed by atoms with Crippen LogP contribution in [0.3, 0.4) is 0 Å². The van der Waals surface area contributed by atoms with E-state index in [-0.39, 0.29) is 17.2 Å². The van der Waals surface area contributed by atoms with Gasteiger partial charge in [-0.1, -0.05) is 0 Å². The molecule has 0 saturated heterocycles. The smallest absolute Gasteiger partial charge is 0.348 e. The van der Waals surface area contributed by atoms with Gasteiger partial charge in [0.25, 0.3) is 5.91 Å². The summed E-state index contributed by atoms with van der Waals surface area (Å²) < 4.78 is 4.98. The number of carbonyl (C=O) groups excluding carboxylic acids is 1. The Labute approximate surface area is 133 Å². The van der Waals surface area contributed by atoms with Crippen LogP contribution < -0.4 is 5.63 Å². The molecule has 0 atom stereocenters. The van der Waals surface area contributed by atoms with Gasteiger partial charge in [0, 0.05) is 25.7 Å². The SMILES string of the molecule is CC(=Nc1ccc(C(=O)N(C)C)cc1)c1c(O)cc(C)oc1=O. The molecule has 1 N–H and O–H groups in total. The third-order valence-corrected chi connectivity index (χ3v) is 3.23. The predicted octanol–water partition coefficient (Wildman–Crippen LogP) is 2.50. The van der Waals surface area contributed by atoms with Gasteiger partial charge in [0.1, 0.15) is 17.1 Å². The molecule has 2 aromatic rings. The van der Waals surface area contributed by atoms with Crippen molar-refractivity contribution in [2.24, 2.45) is 4.99 Å². The van der Waals surface area contributed by atoms with Crippen LogP contribution in [0, 0.1) is 6.92 Å². The molecule has 6 heteroatoms. The van der Waals surface area contributed by atoms with Gasteiger partial charge < -0.3 is 14.4 Å². The molecule has 1 heterocycles. The van der Waals surface area contributed by atoms with E-state index in [4.69, 9.17) is 4.42 Å². The molecule has 1 aromatic carbocycles. The highest BCUT2D eigenvalue weighted by Crippen LogP contribution is 2.19. The van der Waals surface area contributed by atoms with E-state index in [1.807, 2.05) is 0 Å². The van der Waals surface area contributed by atoms with Crippen LogP contribution in [-0.4, -0.2) is 35.7 Å². The summed E-state index contributed by atoms with van der Waals surface area (Å²) >= 11 is 0. The molecular weight excluding hydrogens is 296 g/mol. The number of hydrogen-bond donors (Lipinski definition) is 1. The molecule has 0 radical (unpaired) electrons. The van der Waals surface area contributed by atoms with E-state index in [9.17, 15) is 14.7 Å². The predicted molar refractivity (Wildman–Crippen MR) is 87.7 cm³/mol. The molecule has 1 aromatic heterocycles. The zero-order valence-corrected chi connectivity index (χ0v) is 13.5. The van der Waals surface area contributed by atoms with E-state index in [1.165, 1.54) is 11.0 Å². The summed E-state index contributed by atoms with van der Waals surface area (Å²) in [4.78, 5) is 29.5. The maximum atomic E-state index is 11.9. The summed E-state index contributed by atoms with van der Waals surface area (Å²) in [6, 6.07) is 8.03. The van der Waals surface area contributed by atoms with Crippen molar-refractivity contribution in [1.29, 1.82) is 0 Å². The summed E-state index contributed by atoms with van der Waals surface area (Å²) in [5, 5.41) is 9.91. The van der Waals surface area contributed by atoms with Gasteiger partial charge in [-0.3, -0.25) is 9.79 Å². The van der Waals surface area contributed by atoms with Crippen LogP contribution in [-0.2, 0) is 0 Å². The third-order valence-electron chi connectivity index (χ3n) is 3.23. The molecule has 0 fully saturated rings. The highest BCUT2D eigenvalue weighted by Gasteiger charge is 2.13. The van der Waals surface area contributed by atoms with E-state index in [1.54, 1.807) is 52.2 Å². The maximum Gasteiger partial charge on any atom is 0.348 e. The van der Waals surface area contributed by atoms with E-state index in [2.05, 4.69) is 4.99 Å². The minimum atomic E-state index is -0.636. The summed E-state index contributed by atoms with van der Waals surface area (Å²) in [5.74, 6) is 0.0593. The Hall–Kier alpha value is -2.89. The number of hydrogen-bond acceptors (Lipinski definition) is 5. The van der Waals surface area contributed by atoms with E-state index in [0.717, 1.165) is 0 Å². The normalized spacial score (nSPS) is 11.4. The number of amides is 1. The number of aliphatic imine (C=N–C) groups is 1. The number of nitrogens with zero attached hydrogens (tertiary/aromatic N) is 2. The molecule has 0 spiro atoms. The Morgan fingerprint density at radius 1 is 1.22 bits per heavy atom. The first-order chi connectivity index (χ1) is 10.8. The van der Waals surface area contributed by atoms with Gasteiger partial charge in [0.2, 0.25) is 0 Å². The lowest BCUT2D eigenvalue weighted by Gasteiger charge is -2.10. The average Bonchev–Trinajstić information content (AvgIpc) is 2.46. The van der Waals surface area contributed by atoms with Gasteiger partial charge in [-0.15, -0.1) is 0 Å². The van der Waals surface area contributed by atoms with Crippen molar-refractivity contribution >= 4 is 17.3 Å². The largest absolute Gasteiger partial charge is 0.507 e. The molecule has 0 unspecified atom stereocenters. The van der Waals surface area contributed by atoms with Gasteiger partial charge in [-0.25, -0.2) is 4.79 Å². The van der Waals surface area contributed by atoms with Crippen LogP contribution in [0.1, 0.15) is 28.6 Å². The van der Waals surface area contributed by atoms with E-state index < -0.39 is 5.63 Å². The number of aromatic hydroxyl groups is 1. The zero-order chi connectivity index (χ0) is 17.1. The Bertz CT molecular complexity index is 817. The summed E-state index contributed by atoms with van der Waals surface area (Å²) in [7, 11) is 3.36. The highest BCUT2D eigenvalue weighted by atomic mass is 16.4. The molecule has 2 rings (SSSR count). The van der Waals surface area contributed by atoms with Crippen LogP contribution in [0.4, 0.5) is 5.69 Å². The fourth-order valence-corrected chi connectivity index (χ4v) is 2.12. The molecule has 0 aliphatic carbocycles. The molecule has 0 aliphatic rings. The Morgan fingerprint density at radius 3 is 2.35 bits per heavy atom. The molecule has 0 aliphatic heterocycles. The second-order valence-corrected chi connectivity index (χ2v) is 5.35. The van der Waals surface area contributed by atoms with Crippen LogP contribution in [0.5, 0.6) is 5.75 Å².